The van der Waals surface area contributed by atoms with Crippen molar-refractivity contribution in [2.45, 2.75) is 4.90 Å². The molecular weight excluding hydrogens is 174 g/mol. The second-order valence-electron chi connectivity index (χ2n) is 2.57. The molecule has 0 fully saturated rings. The molecule has 0 amide bonds. The first-order valence-electron chi connectivity index (χ1n) is 3.43. The van der Waals surface area contributed by atoms with Crippen LogP contribution in [0, 0.1) is 10.1 Å². The molecule has 0 saturated heterocycles. The summed E-state index contributed by atoms with van der Waals surface area (Å²) in [5.41, 5.74) is 0.175. The fourth-order valence-electron chi connectivity index (χ4n) is 0.851. The van der Waals surface area contributed by atoms with Crippen LogP contribution in [0.3, 0.4) is 0 Å². The highest BCUT2D eigenvalue weighted by molar-refractivity contribution is 7.95. The standard InChI is InChI=1S/C8H10NO2S/c1-12(2)8-5-3-4-7(6-8)9(10)11/h3-6H,1-2H3/q+1. The SMILES string of the molecule is C[S+](C)c1cccc([N+](=O)[O-])c1. The number of nitrogens with zero attached hydrogens (tertiary/aromatic N) is 1. The van der Waals surface area contributed by atoms with Gasteiger partial charge in [0, 0.05) is 17.0 Å². The largest absolute Gasteiger partial charge is 0.274 e. The van der Waals surface area contributed by atoms with E-state index >= 15 is 0 Å². The Morgan fingerprint density at radius 1 is 1.42 bits per heavy atom. The summed E-state index contributed by atoms with van der Waals surface area (Å²) in [7, 11) is 0.0898. The van der Waals surface area contributed by atoms with Crippen molar-refractivity contribution in [1.29, 1.82) is 0 Å². The third-order valence-corrected chi connectivity index (χ3v) is 2.70. The third kappa shape index (κ3) is 1.98. The van der Waals surface area contributed by atoms with Crippen LogP contribution in [0.5, 0.6) is 0 Å². The summed E-state index contributed by atoms with van der Waals surface area (Å²) in [6.45, 7) is 0. The fourth-order valence-corrected chi connectivity index (χ4v) is 1.56. The van der Waals surface area contributed by atoms with Crippen molar-refractivity contribution in [2.24, 2.45) is 0 Å². The molecule has 0 bridgehead atoms. The van der Waals surface area contributed by atoms with Gasteiger partial charge in [0.05, 0.1) is 11.0 Å². The number of hydrogen-bond acceptors (Lipinski definition) is 2. The van der Waals surface area contributed by atoms with Crippen LogP contribution in [0.4, 0.5) is 5.69 Å². The molecule has 1 rings (SSSR count). The van der Waals surface area contributed by atoms with Gasteiger partial charge in [-0.25, -0.2) is 0 Å². The number of rotatable bonds is 2. The zero-order valence-corrected chi connectivity index (χ0v) is 7.80. The van der Waals surface area contributed by atoms with Crippen LogP contribution in [0.1, 0.15) is 0 Å². The second-order valence-corrected chi connectivity index (χ2v) is 4.68. The minimum atomic E-state index is -0.365. The van der Waals surface area contributed by atoms with Gasteiger partial charge in [0.15, 0.2) is 4.90 Å². The fraction of sp³-hybridized carbons (Fsp3) is 0.250. The van der Waals surface area contributed by atoms with E-state index < -0.39 is 0 Å². The lowest BCUT2D eigenvalue weighted by Gasteiger charge is -1.94. The van der Waals surface area contributed by atoms with Crippen molar-refractivity contribution in [2.75, 3.05) is 12.5 Å². The van der Waals surface area contributed by atoms with Gasteiger partial charge in [-0.15, -0.1) is 0 Å². The van der Waals surface area contributed by atoms with Crippen molar-refractivity contribution in [3.05, 3.63) is 34.4 Å². The Balaban J connectivity index is 3.04. The summed E-state index contributed by atoms with van der Waals surface area (Å²) in [6, 6.07) is 6.77. The molecule has 0 aliphatic carbocycles. The Morgan fingerprint density at radius 2 is 2.08 bits per heavy atom. The monoisotopic (exact) mass is 184 g/mol. The zero-order chi connectivity index (χ0) is 9.14. The zero-order valence-electron chi connectivity index (χ0n) is 6.98. The molecular formula is C8H10NO2S+. The molecule has 0 atom stereocenters. The molecule has 64 valence electrons. The normalized spacial score (nSPS) is 10.2. The van der Waals surface area contributed by atoms with E-state index in [1.165, 1.54) is 6.07 Å². The van der Waals surface area contributed by atoms with Crippen LogP contribution < -0.4 is 0 Å². The Kier molecular flexibility index (Phi) is 2.70. The highest BCUT2D eigenvalue weighted by Gasteiger charge is 2.13. The van der Waals surface area contributed by atoms with E-state index in [4.69, 9.17) is 0 Å². The first kappa shape index (κ1) is 9.06. The van der Waals surface area contributed by atoms with Crippen LogP contribution in [-0.2, 0) is 10.9 Å². The number of hydrogen-bond donors (Lipinski definition) is 0. The topological polar surface area (TPSA) is 43.1 Å². The smallest absolute Gasteiger partial charge is 0.258 e. The predicted molar refractivity (Wildman–Crippen MR) is 50.6 cm³/mol. The highest BCUT2D eigenvalue weighted by Crippen LogP contribution is 2.16. The lowest BCUT2D eigenvalue weighted by atomic mass is 10.3. The maximum Gasteiger partial charge on any atom is 0.274 e. The summed E-state index contributed by atoms with van der Waals surface area (Å²) in [6.07, 6.45) is 4.08. The molecule has 0 unspecified atom stereocenters. The van der Waals surface area contributed by atoms with Crippen LogP contribution in [0.25, 0.3) is 0 Å². The molecule has 0 radical (unpaired) electrons. The van der Waals surface area contributed by atoms with Crippen molar-refractivity contribution in [1.82, 2.24) is 0 Å². The van der Waals surface area contributed by atoms with Gasteiger partial charge < -0.3 is 0 Å². The second kappa shape index (κ2) is 3.58. The molecule has 1 aromatic carbocycles. The first-order valence-corrected chi connectivity index (χ1v) is 5.47. The Bertz CT molecular complexity index is 299. The van der Waals surface area contributed by atoms with E-state index in [1.807, 2.05) is 18.6 Å². The molecule has 0 saturated carbocycles. The summed E-state index contributed by atoms with van der Waals surface area (Å²) in [5, 5.41) is 10.4. The van der Waals surface area contributed by atoms with Crippen molar-refractivity contribution < 1.29 is 4.92 Å². The molecule has 12 heavy (non-hydrogen) atoms. The van der Waals surface area contributed by atoms with Gasteiger partial charge in [-0.2, -0.15) is 0 Å². The van der Waals surface area contributed by atoms with E-state index in [1.54, 1.807) is 12.1 Å². The molecule has 0 aliphatic heterocycles. The number of nitro groups is 1. The first-order chi connectivity index (χ1) is 5.61. The number of non-ortho nitro benzene ring substituents is 1. The van der Waals surface area contributed by atoms with Crippen LogP contribution >= 0.6 is 0 Å². The predicted octanol–water partition coefficient (Wildman–Crippen LogP) is 1.83. The van der Waals surface area contributed by atoms with E-state index in [9.17, 15) is 10.1 Å². The maximum absolute atomic E-state index is 10.4. The summed E-state index contributed by atoms with van der Waals surface area (Å²) in [4.78, 5) is 11.1. The molecule has 1 aromatic rings. The molecule has 0 aromatic heterocycles. The van der Waals surface area contributed by atoms with Gasteiger partial charge in [0.1, 0.15) is 12.5 Å². The number of benzene rings is 1. The summed E-state index contributed by atoms with van der Waals surface area (Å²) in [5.74, 6) is 0. The van der Waals surface area contributed by atoms with E-state index in [2.05, 4.69) is 0 Å². The summed E-state index contributed by atoms with van der Waals surface area (Å²) < 4.78 is 0. The van der Waals surface area contributed by atoms with E-state index in [0.29, 0.717) is 0 Å². The third-order valence-electron chi connectivity index (χ3n) is 1.50. The minimum Gasteiger partial charge on any atom is -0.258 e. The quantitative estimate of drug-likeness (QED) is 0.400. The molecule has 4 heteroatoms. The Hall–Kier alpha value is -1.03. The van der Waals surface area contributed by atoms with Gasteiger partial charge in [0.2, 0.25) is 0 Å². The van der Waals surface area contributed by atoms with Crippen LogP contribution in [0.15, 0.2) is 29.2 Å². The molecule has 0 heterocycles. The highest BCUT2D eigenvalue weighted by atomic mass is 32.2. The van der Waals surface area contributed by atoms with Gasteiger partial charge in [-0.3, -0.25) is 10.1 Å². The average Bonchev–Trinajstić information content (AvgIpc) is 2.04. The van der Waals surface area contributed by atoms with Crippen LogP contribution in [-0.4, -0.2) is 17.4 Å². The molecule has 3 nitrogen and oxygen atoms in total. The van der Waals surface area contributed by atoms with Gasteiger partial charge in [0.25, 0.3) is 5.69 Å². The average molecular weight is 184 g/mol. The van der Waals surface area contributed by atoms with Gasteiger partial charge in [-0.1, -0.05) is 6.07 Å². The van der Waals surface area contributed by atoms with Gasteiger partial charge in [-0.05, 0) is 6.07 Å². The van der Waals surface area contributed by atoms with Crippen molar-refractivity contribution >= 4 is 16.6 Å². The Morgan fingerprint density at radius 3 is 2.58 bits per heavy atom. The summed E-state index contributed by atoms with van der Waals surface area (Å²) >= 11 is 0. The maximum atomic E-state index is 10.4. The Labute approximate surface area is 73.9 Å². The molecule has 0 aliphatic rings. The molecule has 0 spiro atoms. The lowest BCUT2D eigenvalue weighted by molar-refractivity contribution is -0.385. The van der Waals surface area contributed by atoms with E-state index in [0.717, 1.165) is 4.90 Å². The lowest BCUT2D eigenvalue weighted by Crippen LogP contribution is -1.96. The van der Waals surface area contributed by atoms with Gasteiger partial charge >= 0.3 is 0 Å². The van der Waals surface area contributed by atoms with E-state index in [-0.39, 0.29) is 21.5 Å². The van der Waals surface area contributed by atoms with Crippen LogP contribution in [0.2, 0.25) is 0 Å². The van der Waals surface area contributed by atoms with Crippen molar-refractivity contribution in [3.8, 4) is 0 Å². The minimum absolute atomic E-state index is 0.0898. The van der Waals surface area contributed by atoms with Crippen molar-refractivity contribution in [3.63, 3.8) is 0 Å². The number of nitro benzene ring substituents is 1. The molecule has 0 N–H and O–H groups in total.